The van der Waals surface area contributed by atoms with Crippen LogP contribution in [0, 0.1) is 6.92 Å². The standard InChI is InChI=1S/C28H36O4Si/c1-5-6-7-8-9-13-18-33(3,4)32-26-20-25(28(30)31-22-14-11-10-12-15-22)27(29)23-17-16-21(2)19-24(23)26/h10-12,14-17,19-20,29H,5-9,13,18H2,1-4H3. The lowest BCUT2D eigenvalue weighted by molar-refractivity contribution is 0.0731. The molecule has 3 rings (SSSR count). The number of para-hydroxylation sites is 1. The normalized spacial score (nSPS) is 11.5. The second kappa shape index (κ2) is 11.4. The van der Waals surface area contributed by atoms with Gasteiger partial charge in [-0.2, -0.15) is 0 Å². The van der Waals surface area contributed by atoms with Crippen molar-refractivity contribution < 1.29 is 19.1 Å². The molecule has 0 fully saturated rings. The molecule has 3 aromatic rings. The summed E-state index contributed by atoms with van der Waals surface area (Å²) >= 11 is 0. The van der Waals surface area contributed by atoms with E-state index in [2.05, 4.69) is 20.0 Å². The van der Waals surface area contributed by atoms with Crippen molar-refractivity contribution in [1.82, 2.24) is 0 Å². The molecular formula is C28H36O4Si. The minimum atomic E-state index is -2.03. The van der Waals surface area contributed by atoms with Crippen LogP contribution in [-0.4, -0.2) is 19.4 Å². The third-order valence-electron chi connectivity index (χ3n) is 5.92. The molecule has 0 amide bonds. The van der Waals surface area contributed by atoms with E-state index in [0.717, 1.165) is 23.4 Å². The van der Waals surface area contributed by atoms with Crippen LogP contribution < -0.4 is 9.16 Å². The number of carbonyl (C=O) groups excluding carboxylic acids is 1. The fourth-order valence-electron chi connectivity index (χ4n) is 4.06. The SMILES string of the molecule is CCCCCCCC[Si](C)(C)Oc1cc(C(=O)Oc2ccccc2)c(O)c2ccc(C)cc12. The summed E-state index contributed by atoms with van der Waals surface area (Å²) in [4.78, 5) is 12.9. The third kappa shape index (κ3) is 6.84. The van der Waals surface area contributed by atoms with Crippen LogP contribution in [0.4, 0.5) is 0 Å². The van der Waals surface area contributed by atoms with Crippen molar-refractivity contribution in [3.63, 3.8) is 0 Å². The minimum Gasteiger partial charge on any atom is -0.544 e. The maximum atomic E-state index is 12.9. The molecule has 5 heteroatoms. The first-order chi connectivity index (χ1) is 15.8. The van der Waals surface area contributed by atoms with Gasteiger partial charge in [0.05, 0.1) is 0 Å². The largest absolute Gasteiger partial charge is 0.544 e. The Bertz CT molecular complexity index is 1080. The van der Waals surface area contributed by atoms with Crippen LogP contribution in [0.25, 0.3) is 10.8 Å². The van der Waals surface area contributed by atoms with Crippen molar-refractivity contribution in [3.8, 4) is 17.2 Å². The zero-order chi connectivity index (χ0) is 23.8. The number of aromatic hydroxyl groups is 1. The monoisotopic (exact) mass is 464 g/mol. The van der Waals surface area contributed by atoms with E-state index in [9.17, 15) is 9.90 Å². The average Bonchev–Trinajstić information content (AvgIpc) is 2.78. The molecule has 0 aromatic heterocycles. The molecule has 176 valence electrons. The van der Waals surface area contributed by atoms with Crippen molar-refractivity contribution in [1.29, 1.82) is 0 Å². The fraction of sp³-hybridized carbons (Fsp3) is 0.393. The van der Waals surface area contributed by atoms with Crippen LogP contribution in [0.3, 0.4) is 0 Å². The number of unbranched alkanes of at least 4 members (excludes halogenated alkanes) is 5. The molecule has 33 heavy (non-hydrogen) atoms. The second-order valence-corrected chi connectivity index (χ2v) is 13.6. The third-order valence-corrected chi connectivity index (χ3v) is 8.25. The molecule has 0 heterocycles. The molecule has 0 bridgehead atoms. The second-order valence-electron chi connectivity index (χ2n) is 9.40. The Morgan fingerprint density at radius 1 is 0.909 bits per heavy atom. The lowest BCUT2D eigenvalue weighted by Gasteiger charge is -2.26. The number of carbonyl (C=O) groups is 1. The summed E-state index contributed by atoms with van der Waals surface area (Å²) in [7, 11) is -2.03. The van der Waals surface area contributed by atoms with Crippen LogP contribution in [0.5, 0.6) is 17.2 Å². The van der Waals surface area contributed by atoms with Gasteiger partial charge in [-0.1, -0.05) is 81.3 Å². The number of benzene rings is 3. The number of rotatable bonds is 11. The van der Waals surface area contributed by atoms with Gasteiger partial charge in [0.15, 0.2) is 0 Å². The van der Waals surface area contributed by atoms with Gasteiger partial charge in [0, 0.05) is 10.8 Å². The van der Waals surface area contributed by atoms with Gasteiger partial charge in [0.25, 0.3) is 0 Å². The summed E-state index contributed by atoms with van der Waals surface area (Å²) in [5, 5.41) is 12.3. The van der Waals surface area contributed by atoms with Gasteiger partial charge in [0.1, 0.15) is 22.8 Å². The first-order valence-electron chi connectivity index (χ1n) is 12.0. The molecule has 0 spiro atoms. The molecular weight excluding hydrogens is 428 g/mol. The first kappa shape index (κ1) is 24.8. The number of hydrogen-bond acceptors (Lipinski definition) is 4. The van der Waals surface area contributed by atoms with Crippen LogP contribution >= 0.6 is 0 Å². The molecule has 0 radical (unpaired) electrons. The van der Waals surface area contributed by atoms with Crippen molar-refractivity contribution >= 4 is 25.1 Å². The Kier molecular flexibility index (Phi) is 8.56. The topological polar surface area (TPSA) is 55.8 Å². The Morgan fingerprint density at radius 2 is 1.61 bits per heavy atom. The molecule has 4 nitrogen and oxygen atoms in total. The first-order valence-corrected chi connectivity index (χ1v) is 15.1. The van der Waals surface area contributed by atoms with E-state index in [1.165, 1.54) is 32.1 Å². The highest BCUT2D eigenvalue weighted by Crippen LogP contribution is 2.38. The van der Waals surface area contributed by atoms with Crippen molar-refractivity contribution in [2.45, 2.75) is 71.5 Å². The summed E-state index contributed by atoms with van der Waals surface area (Å²) in [6, 6.07) is 17.4. The maximum Gasteiger partial charge on any atom is 0.347 e. The zero-order valence-corrected chi connectivity index (χ0v) is 21.3. The number of aryl methyl sites for hydroxylation is 1. The molecule has 0 aliphatic rings. The Morgan fingerprint density at radius 3 is 2.33 bits per heavy atom. The van der Waals surface area contributed by atoms with Crippen LogP contribution in [0.1, 0.15) is 61.4 Å². The highest BCUT2D eigenvalue weighted by Gasteiger charge is 2.27. The summed E-state index contributed by atoms with van der Waals surface area (Å²) in [6.07, 6.45) is 7.51. The molecule has 0 atom stereocenters. The summed E-state index contributed by atoms with van der Waals surface area (Å²) in [5.41, 5.74) is 1.19. The smallest absolute Gasteiger partial charge is 0.347 e. The van der Waals surface area contributed by atoms with E-state index >= 15 is 0 Å². The van der Waals surface area contributed by atoms with Gasteiger partial charge in [-0.25, -0.2) is 4.79 Å². The molecule has 3 aromatic carbocycles. The van der Waals surface area contributed by atoms with Crippen molar-refractivity contribution in [3.05, 3.63) is 65.7 Å². The summed E-state index contributed by atoms with van der Waals surface area (Å²) in [6.45, 7) is 8.68. The molecule has 0 aliphatic heterocycles. The van der Waals surface area contributed by atoms with Gasteiger partial charge in [0.2, 0.25) is 8.32 Å². The van der Waals surface area contributed by atoms with Crippen molar-refractivity contribution in [2.75, 3.05) is 0 Å². The number of ether oxygens (including phenoxy) is 1. The van der Waals surface area contributed by atoms with Gasteiger partial charge < -0.3 is 14.3 Å². The highest BCUT2D eigenvalue weighted by atomic mass is 28.4. The summed E-state index contributed by atoms with van der Waals surface area (Å²) in [5.74, 6) is 0.412. The van der Waals surface area contributed by atoms with Crippen LogP contribution in [0.15, 0.2) is 54.6 Å². The molecule has 0 aliphatic carbocycles. The Hall–Kier alpha value is -2.79. The molecule has 0 saturated heterocycles. The average molecular weight is 465 g/mol. The van der Waals surface area contributed by atoms with E-state index in [1.54, 1.807) is 30.3 Å². The van der Waals surface area contributed by atoms with Crippen LogP contribution in [0.2, 0.25) is 19.1 Å². The predicted octanol–water partition coefficient (Wildman–Crippen LogP) is 8.02. The van der Waals surface area contributed by atoms with E-state index in [4.69, 9.17) is 9.16 Å². The number of esters is 1. The number of phenolic OH excluding ortho intramolecular Hbond substituents is 1. The highest BCUT2D eigenvalue weighted by molar-refractivity contribution is 6.71. The number of hydrogen-bond donors (Lipinski definition) is 1. The molecule has 1 N–H and O–H groups in total. The van der Waals surface area contributed by atoms with Gasteiger partial charge >= 0.3 is 5.97 Å². The number of fused-ring (bicyclic) bond motifs is 1. The van der Waals surface area contributed by atoms with Gasteiger partial charge in [-0.05, 0) is 50.3 Å². The Labute approximate surface area is 198 Å². The van der Waals surface area contributed by atoms with Crippen LogP contribution in [-0.2, 0) is 0 Å². The van der Waals surface area contributed by atoms with E-state index in [-0.39, 0.29) is 11.3 Å². The lowest BCUT2D eigenvalue weighted by Crippen LogP contribution is -2.34. The number of phenols is 1. The summed E-state index contributed by atoms with van der Waals surface area (Å²) < 4.78 is 12.1. The van der Waals surface area contributed by atoms with E-state index < -0.39 is 14.3 Å². The van der Waals surface area contributed by atoms with E-state index in [0.29, 0.717) is 16.9 Å². The Balaban J connectivity index is 1.86. The molecule has 0 saturated carbocycles. The lowest BCUT2D eigenvalue weighted by atomic mass is 10.0. The van der Waals surface area contributed by atoms with E-state index in [1.807, 2.05) is 31.2 Å². The maximum absolute atomic E-state index is 12.9. The fourth-order valence-corrected chi connectivity index (χ4v) is 6.03. The minimum absolute atomic E-state index is 0.0753. The quantitative estimate of drug-likeness (QED) is 0.135. The van der Waals surface area contributed by atoms with Gasteiger partial charge in [-0.3, -0.25) is 0 Å². The zero-order valence-electron chi connectivity index (χ0n) is 20.3. The molecule has 0 unspecified atom stereocenters. The van der Waals surface area contributed by atoms with Gasteiger partial charge in [-0.15, -0.1) is 0 Å². The van der Waals surface area contributed by atoms with Crippen molar-refractivity contribution in [2.24, 2.45) is 0 Å². The predicted molar refractivity (Wildman–Crippen MR) is 138 cm³/mol.